The van der Waals surface area contributed by atoms with Crippen molar-refractivity contribution in [1.29, 1.82) is 0 Å². The van der Waals surface area contributed by atoms with Gasteiger partial charge in [0, 0.05) is 25.1 Å². The van der Waals surface area contributed by atoms with Gasteiger partial charge in [0.05, 0.1) is 29.2 Å². The Morgan fingerprint density at radius 2 is 1.66 bits per heavy atom. The molecular formula is C28H30N6O4. The van der Waals surface area contributed by atoms with Crippen LogP contribution in [0.4, 0.5) is 0 Å². The van der Waals surface area contributed by atoms with Gasteiger partial charge in [-0.05, 0) is 61.7 Å². The van der Waals surface area contributed by atoms with Crippen molar-refractivity contribution in [2.45, 2.75) is 44.1 Å². The fourth-order valence-corrected chi connectivity index (χ4v) is 4.75. The Balaban J connectivity index is 1.21. The molecule has 196 valence electrons. The molecule has 0 saturated carbocycles. The number of aromatic nitrogens is 4. The van der Waals surface area contributed by atoms with Gasteiger partial charge < -0.3 is 20.4 Å². The van der Waals surface area contributed by atoms with Gasteiger partial charge in [-0.25, -0.2) is 9.36 Å². The lowest BCUT2D eigenvalue weighted by Crippen LogP contribution is -2.51. The monoisotopic (exact) mass is 514 g/mol. The zero-order valence-corrected chi connectivity index (χ0v) is 21.0. The average Bonchev–Trinajstić information content (AvgIpc) is 3.74. The molecule has 2 aromatic carbocycles. The molecule has 0 aliphatic carbocycles. The number of aliphatic hydroxyl groups excluding tert-OH is 2. The summed E-state index contributed by atoms with van der Waals surface area (Å²) < 4.78 is 3.45. The van der Waals surface area contributed by atoms with E-state index in [1.54, 1.807) is 22.5 Å². The maximum Gasteiger partial charge on any atom is 0.255 e. The number of hydrogen-bond acceptors (Lipinski definition) is 6. The summed E-state index contributed by atoms with van der Waals surface area (Å²) in [5.74, 6) is -1.51. The maximum absolute atomic E-state index is 13.2. The zero-order valence-electron chi connectivity index (χ0n) is 21.0. The third-order valence-electron chi connectivity index (χ3n) is 6.85. The first-order valence-electron chi connectivity index (χ1n) is 12.6. The molecule has 4 aromatic rings. The molecule has 1 fully saturated rings. The second kappa shape index (κ2) is 11.0. The van der Waals surface area contributed by atoms with Gasteiger partial charge in [0.15, 0.2) is 12.2 Å². The zero-order chi connectivity index (χ0) is 26.6. The number of amides is 2. The van der Waals surface area contributed by atoms with E-state index in [9.17, 15) is 19.8 Å². The number of para-hydroxylation sites is 1. The van der Waals surface area contributed by atoms with Crippen molar-refractivity contribution >= 4 is 11.8 Å². The van der Waals surface area contributed by atoms with Crippen molar-refractivity contribution in [3.8, 4) is 11.4 Å². The van der Waals surface area contributed by atoms with E-state index >= 15 is 0 Å². The number of aliphatic hydroxyl groups is 2. The minimum Gasteiger partial charge on any atom is -0.380 e. The van der Waals surface area contributed by atoms with E-state index in [4.69, 9.17) is 0 Å². The molecule has 3 heterocycles. The summed E-state index contributed by atoms with van der Waals surface area (Å²) in [6, 6.07) is 19.9. The van der Waals surface area contributed by atoms with E-state index in [2.05, 4.69) is 15.5 Å². The summed E-state index contributed by atoms with van der Waals surface area (Å²) in [5, 5.41) is 32.7. The number of carbonyl (C=O) groups is 2. The highest BCUT2D eigenvalue weighted by Gasteiger charge is 2.39. The molecule has 1 saturated heterocycles. The van der Waals surface area contributed by atoms with E-state index in [0.717, 1.165) is 23.4 Å². The molecule has 0 radical (unpaired) electrons. The highest BCUT2D eigenvalue weighted by molar-refractivity contribution is 5.91. The second-order valence-corrected chi connectivity index (χ2v) is 9.37. The first kappa shape index (κ1) is 25.4. The number of hydrogen-bond donors (Lipinski definition) is 3. The molecule has 5 rings (SSSR count). The smallest absolute Gasteiger partial charge is 0.255 e. The van der Waals surface area contributed by atoms with E-state index in [-0.39, 0.29) is 6.04 Å². The van der Waals surface area contributed by atoms with Gasteiger partial charge in [-0.2, -0.15) is 10.2 Å². The van der Waals surface area contributed by atoms with Crippen molar-refractivity contribution in [2.75, 3.05) is 6.54 Å². The number of nitrogens with one attached hydrogen (secondary N) is 1. The summed E-state index contributed by atoms with van der Waals surface area (Å²) in [6.07, 6.45) is 2.96. The fourth-order valence-electron chi connectivity index (χ4n) is 4.75. The number of benzene rings is 2. The summed E-state index contributed by atoms with van der Waals surface area (Å²) in [4.78, 5) is 27.4. The molecule has 0 unspecified atom stereocenters. The van der Waals surface area contributed by atoms with Crippen LogP contribution < -0.4 is 5.32 Å². The van der Waals surface area contributed by atoms with Crippen molar-refractivity contribution in [2.24, 2.45) is 0 Å². The van der Waals surface area contributed by atoms with Crippen LogP contribution in [-0.4, -0.2) is 65.2 Å². The van der Waals surface area contributed by atoms with Crippen LogP contribution in [0.3, 0.4) is 0 Å². The normalized spacial score (nSPS) is 17.7. The molecule has 0 spiro atoms. The quantitative estimate of drug-likeness (QED) is 0.331. The number of carbonyl (C=O) groups excluding carboxylic acids is 2. The molecule has 10 heteroatoms. The minimum atomic E-state index is -1.91. The Morgan fingerprint density at radius 1 is 0.921 bits per heavy atom. The van der Waals surface area contributed by atoms with Crippen molar-refractivity contribution < 1.29 is 19.8 Å². The SMILES string of the molecule is C[C@@H](NC(=O)[C@H](O)[C@@H](O)C(=O)N1CCC[C@@H]1c1ccn(-c2ccccc2)n1)c1ccc(-n2cccn2)cc1. The van der Waals surface area contributed by atoms with Crippen LogP contribution in [0, 0.1) is 0 Å². The standard InChI is InChI=1S/C28H30N6O4/c1-19(20-10-12-22(13-11-20)33-17-6-15-29-33)30-27(37)25(35)26(36)28(38)32-16-5-9-24(32)23-14-18-34(31-23)21-7-3-2-4-8-21/h2-4,6-8,10-15,17-19,24-26,35-36H,5,9,16H2,1H3,(H,30,37)/t19-,24-,25-,26-/m1/s1. The van der Waals surface area contributed by atoms with Gasteiger partial charge in [0.25, 0.3) is 11.8 Å². The Labute approximate surface area is 220 Å². The molecule has 1 aliphatic heterocycles. The van der Waals surface area contributed by atoms with Gasteiger partial charge >= 0.3 is 0 Å². The van der Waals surface area contributed by atoms with Crippen molar-refractivity contribution in [1.82, 2.24) is 29.8 Å². The molecule has 2 aromatic heterocycles. The van der Waals surface area contributed by atoms with E-state index < -0.39 is 30.1 Å². The molecule has 1 aliphatic rings. The topological polar surface area (TPSA) is 126 Å². The van der Waals surface area contributed by atoms with E-state index in [1.165, 1.54) is 4.90 Å². The van der Waals surface area contributed by atoms with E-state index in [1.807, 2.05) is 79.1 Å². The molecule has 4 atom stereocenters. The second-order valence-electron chi connectivity index (χ2n) is 9.37. The lowest BCUT2D eigenvalue weighted by atomic mass is 10.1. The Hall–Kier alpha value is -4.28. The maximum atomic E-state index is 13.2. The van der Waals surface area contributed by atoms with Crippen LogP contribution >= 0.6 is 0 Å². The van der Waals surface area contributed by atoms with Gasteiger partial charge in [-0.3, -0.25) is 9.59 Å². The molecule has 2 amide bonds. The molecule has 38 heavy (non-hydrogen) atoms. The Kier molecular flexibility index (Phi) is 7.34. The number of likely N-dealkylation sites (tertiary alicyclic amines) is 1. The highest BCUT2D eigenvalue weighted by atomic mass is 16.3. The van der Waals surface area contributed by atoms with Gasteiger partial charge in [-0.1, -0.05) is 30.3 Å². The molecule has 3 N–H and O–H groups in total. The van der Waals surface area contributed by atoms with Crippen LogP contribution in [0.5, 0.6) is 0 Å². The first-order valence-corrected chi connectivity index (χ1v) is 12.6. The summed E-state index contributed by atoms with van der Waals surface area (Å²) in [5.41, 5.74) is 3.26. The third kappa shape index (κ3) is 5.22. The van der Waals surface area contributed by atoms with Crippen LogP contribution in [0.2, 0.25) is 0 Å². The molecular weight excluding hydrogens is 484 g/mol. The lowest BCUT2D eigenvalue weighted by molar-refractivity contribution is -0.154. The van der Waals surface area contributed by atoms with E-state index in [0.29, 0.717) is 18.7 Å². The largest absolute Gasteiger partial charge is 0.380 e. The lowest BCUT2D eigenvalue weighted by Gasteiger charge is -2.28. The molecule has 0 bridgehead atoms. The minimum absolute atomic E-state index is 0.343. The Morgan fingerprint density at radius 3 is 2.37 bits per heavy atom. The summed E-state index contributed by atoms with van der Waals surface area (Å²) in [7, 11) is 0. The van der Waals surface area contributed by atoms with Gasteiger partial charge in [-0.15, -0.1) is 0 Å². The van der Waals surface area contributed by atoms with Crippen LogP contribution in [0.25, 0.3) is 11.4 Å². The first-order chi connectivity index (χ1) is 18.4. The summed E-state index contributed by atoms with van der Waals surface area (Å²) >= 11 is 0. The predicted molar refractivity (Wildman–Crippen MR) is 139 cm³/mol. The number of nitrogens with zero attached hydrogens (tertiary/aromatic N) is 5. The van der Waals surface area contributed by atoms with Crippen LogP contribution in [-0.2, 0) is 9.59 Å². The summed E-state index contributed by atoms with van der Waals surface area (Å²) in [6.45, 7) is 2.17. The predicted octanol–water partition coefficient (Wildman–Crippen LogP) is 2.32. The van der Waals surface area contributed by atoms with Crippen molar-refractivity contribution in [3.63, 3.8) is 0 Å². The fraction of sp³-hybridized carbons (Fsp3) is 0.286. The van der Waals surface area contributed by atoms with Crippen LogP contribution in [0.15, 0.2) is 85.3 Å². The van der Waals surface area contributed by atoms with Crippen molar-refractivity contribution in [3.05, 3.63) is 96.6 Å². The van der Waals surface area contributed by atoms with Gasteiger partial charge in [0.2, 0.25) is 0 Å². The van der Waals surface area contributed by atoms with Gasteiger partial charge in [0.1, 0.15) is 0 Å². The van der Waals surface area contributed by atoms with Crippen LogP contribution in [0.1, 0.15) is 43.1 Å². The average molecular weight is 515 g/mol. The highest BCUT2D eigenvalue weighted by Crippen LogP contribution is 2.32. The molecule has 10 nitrogen and oxygen atoms in total. The third-order valence-corrected chi connectivity index (χ3v) is 6.85. The number of rotatable bonds is 8. The Bertz CT molecular complexity index is 1370.